The summed E-state index contributed by atoms with van der Waals surface area (Å²) in [6.07, 6.45) is -3.27. The minimum atomic E-state index is -3.25. The molecule has 0 saturated heterocycles. The van der Waals surface area contributed by atoms with E-state index in [0.717, 1.165) is 0 Å². The third-order valence-corrected chi connectivity index (χ3v) is 2.16. The van der Waals surface area contributed by atoms with Gasteiger partial charge in [-0.25, -0.2) is 8.78 Å². The molecule has 8 heteroatoms. The van der Waals surface area contributed by atoms with E-state index in [9.17, 15) is 17.6 Å². The smallest absolute Gasteiger partial charge is 0.293 e. The third-order valence-electron chi connectivity index (χ3n) is 1.85. The highest BCUT2D eigenvalue weighted by molar-refractivity contribution is 7.71. The normalized spacial score (nSPS) is 12.4. The van der Waals surface area contributed by atoms with Crippen molar-refractivity contribution in [1.29, 1.82) is 0 Å². The van der Waals surface area contributed by atoms with Gasteiger partial charge in [0.05, 0.1) is 6.54 Å². The van der Waals surface area contributed by atoms with E-state index in [2.05, 4.69) is 22.4 Å². The molecule has 1 rings (SSSR count). The molecule has 0 unspecified atom stereocenters. The number of nitrogens with zero attached hydrogens (tertiary/aromatic N) is 2. The molecule has 0 fully saturated rings. The molecular formula is C7H9F4N3S. The molecule has 1 N–H and O–H groups in total. The first kappa shape index (κ1) is 12.2. The summed E-state index contributed by atoms with van der Waals surface area (Å²) in [5.41, 5.74) is 0. The molecule has 15 heavy (non-hydrogen) atoms. The van der Waals surface area contributed by atoms with Crippen LogP contribution >= 0.6 is 12.2 Å². The second kappa shape index (κ2) is 4.30. The van der Waals surface area contributed by atoms with Crippen LogP contribution in [0.1, 0.15) is 19.2 Å². The number of rotatable bonds is 4. The number of aromatic amines is 1. The second-order valence-electron chi connectivity index (χ2n) is 2.91. The molecule has 86 valence electrons. The van der Waals surface area contributed by atoms with Crippen molar-refractivity contribution >= 4 is 12.2 Å². The summed E-state index contributed by atoms with van der Waals surface area (Å²) >= 11 is 4.59. The number of hydrogen-bond donors (Lipinski definition) is 1. The number of alkyl halides is 4. The maximum Gasteiger partial charge on any atom is 0.306 e. The molecule has 0 aromatic carbocycles. The van der Waals surface area contributed by atoms with Gasteiger partial charge in [0.1, 0.15) is 0 Å². The average Bonchev–Trinajstić information content (AvgIpc) is 2.48. The van der Waals surface area contributed by atoms with E-state index in [1.54, 1.807) is 0 Å². The van der Waals surface area contributed by atoms with Gasteiger partial charge in [-0.05, 0) is 12.2 Å². The standard InChI is InChI=1S/C7H9F4N3S/c1-2-7(10,11)5-12-13-6(15)14(5)3-4(8)9/h4H,2-3H2,1H3,(H,13,15). The lowest BCUT2D eigenvalue weighted by Crippen LogP contribution is -2.21. The lowest BCUT2D eigenvalue weighted by molar-refractivity contribution is -0.0236. The van der Waals surface area contributed by atoms with Gasteiger partial charge in [0.15, 0.2) is 4.77 Å². The van der Waals surface area contributed by atoms with Crippen LogP contribution in [0.4, 0.5) is 17.6 Å². The van der Waals surface area contributed by atoms with Gasteiger partial charge in [-0.2, -0.15) is 13.9 Å². The molecule has 0 atom stereocenters. The van der Waals surface area contributed by atoms with Crippen LogP contribution in [-0.4, -0.2) is 21.2 Å². The van der Waals surface area contributed by atoms with Crippen LogP contribution in [0.2, 0.25) is 0 Å². The fraction of sp³-hybridized carbons (Fsp3) is 0.714. The lowest BCUT2D eigenvalue weighted by atomic mass is 10.2. The van der Waals surface area contributed by atoms with Crippen LogP contribution < -0.4 is 0 Å². The van der Waals surface area contributed by atoms with Crippen LogP contribution in [0.25, 0.3) is 0 Å². The number of halogens is 4. The molecule has 0 aliphatic rings. The Morgan fingerprint density at radius 1 is 1.53 bits per heavy atom. The Bertz CT molecular complexity index is 384. The molecular weight excluding hydrogens is 234 g/mol. The minimum Gasteiger partial charge on any atom is -0.293 e. The average molecular weight is 243 g/mol. The van der Waals surface area contributed by atoms with Crippen molar-refractivity contribution in [3.63, 3.8) is 0 Å². The summed E-state index contributed by atoms with van der Waals surface area (Å²) in [5.74, 6) is -3.99. The van der Waals surface area contributed by atoms with Crippen molar-refractivity contribution in [3.8, 4) is 0 Å². The highest BCUT2D eigenvalue weighted by atomic mass is 32.1. The van der Waals surface area contributed by atoms with E-state index in [4.69, 9.17) is 0 Å². The molecule has 0 aliphatic carbocycles. The molecule has 1 aromatic rings. The summed E-state index contributed by atoms with van der Waals surface area (Å²) in [5, 5.41) is 5.36. The molecule has 0 bridgehead atoms. The topological polar surface area (TPSA) is 33.6 Å². The Kier molecular flexibility index (Phi) is 3.48. The Morgan fingerprint density at radius 3 is 2.60 bits per heavy atom. The van der Waals surface area contributed by atoms with Gasteiger partial charge in [0.2, 0.25) is 5.82 Å². The highest BCUT2D eigenvalue weighted by Gasteiger charge is 2.35. The number of hydrogen-bond acceptors (Lipinski definition) is 2. The Labute approximate surface area is 88.1 Å². The predicted molar refractivity (Wildman–Crippen MR) is 47.6 cm³/mol. The first-order valence-corrected chi connectivity index (χ1v) is 4.61. The fourth-order valence-electron chi connectivity index (χ4n) is 1.06. The second-order valence-corrected chi connectivity index (χ2v) is 3.30. The summed E-state index contributed by atoms with van der Waals surface area (Å²) in [6.45, 7) is 0.366. The van der Waals surface area contributed by atoms with Gasteiger partial charge in [0, 0.05) is 6.42 Å². The van der Waals surface area contributed by atoms with Crippen LogP contribution in [-0.2, 0) is 12.5 Å². The van der Waals surface area contributed by atoms with Gasteiger partial charge in [-0.1, -0.05) is 6.92 Å². The van der Waals surface area contributed by atoms with Crippen LogP contribution in [0.5, 0.6) is 0 Å². The van der Waals surface area contributed by atoms with E-state index in [1.807, 2.05) is 0 Å². The monoisotopic (exact) mass is 243 g/mol. The molecule has 0 amide bonds. The van der Waals surface area contributed by atoms with Gasteiger partial charge in [-0.3, -0.25) is 9.67 Å². The predicted octanol–water partition coefficient (Wildman–Crippen LogP) is 2.71. The maximum atomic E-state index is 13.2. The number of aromatic nitrogens is 3. The minimum absolute atomic E-state index is 0.224. The van der Waals surface area contributed by atoms with Crippen LogP contribution in [0, 0.1) is 4.77 Å². The zero-order chi connectivity index (χ0) is 11.6. The molecule has 1 aromatic heterocycles. The zero-order valence-corrected chi connectivity index (χ0v) is 8.62. The zero-order valence-electron chi connectivity index (χ0n) is 7.81. The van der Waals surface area contributed by atoms with Crippen molar-refractivity contribution in [2.75, 3.05) is 0 Å². The van der Waals surface area contributed by atoms with Crippen molar-refractivity contribution in [3.05, 3.63) is 10.6 Å². The number of H-pyrrole nitrogens is 1. The van der Waals surface area contributed by atoms with Crippen LogP contribution in [0.3, 0.4) is 0 Å². The molecule has 0 saturated carbocycles. The van der Waals surface area contributed by atoms with E-state index >= 15 is 0 Å². The van der Waals surface area contributed by atoms with Crippen molar-refractivity contribution < 1.29 is 17.6 Å². The van der Waals surface area contributed by atoms with Crippen LogP contribution in [0.15, 0.2) is 0 Å². The van der Waals surface area contributed by atoms with Crippen molar-refractivity contribution in [2.24, 2.45) is 0 Å². The molecule has 0 aliphatic heterocycles. The number of nitrogens with one attached hydrogen (secondary N) is 1. The Morgan fingerprint density at radius 2 is 2.13 bits per heavy atom. The Balaban J connectivity index is 3.14. The largest absolute Gasteiger partial charge is 0.306 e. The highest BCUT2D eigenvalue weighted by Crippen LogP contribution is 2.29. The SMILES string of the molecule is CCC(F)(F)c1n[nH]c(=S)n1CC(F)F. The quantitative estimate of drug-likeness (QED) is 0.651. The van der Waals surface area contributed by atoms with E-state index < -0.39 is 31.1 Å². The molecule has 3 nitrogen and oxygen atoms in total. The Hall–Kier alpha value is -0.920. The first-order valence-electron chi connectivity index (χ1n) is 4.20. The van der Waals surface area contributed by atoms with E-state index in [-0.39, 0.29) is 4.77 Å². The van der Waals surface area contributed by atoms with Crippen molar-refractivity contribution in [2.45, 2.75) is 32.2 Å². The van der Waals surface area contributed by atoms with Crippen molar-refractivity contribution in [1.82, 2.24) is 14.8 Å². The van der Waals surface area contributed by atoms with Gasteiger partial charge in [-0.15, -0.1) is 0 Å². The van der Waals surface area contributed by atoms with Gasteiger partial charge in [0.25, 0.3) is 6.43 Å². The summed E-state index contributed by atoms with van der Waals surface area (Å²) in [4.78, 5) is 0. The van der Waals surface area contributed by atoms with Gasteiger partial charge < -0.3 is 0 Å². The molecule has 0 radical (unpaired) electrons. The summed E-state index contributed by atoms with van der Waals surface area (Å²) in [7, 11) is 0. The molecule has 0 spiro atoms. The van der Waals surface area contributed by atoms with E-state index in [1.165, 1.54) is 6.92 Å². The van der Waals surface area contributed by atoms with Gasteiger partial charge >= 0.3 is 5.92 Å². The van der Waals surface area contributed by atoms with E-state index in [0.29, 0.717) is 4.57 Å². The molecule has 1 heterocycles. The fourth-order valence-corrected chi connectivity index (χ4v) is 1.27. The lowest BCUT2D eigenvalue weighted by Gasteiger charge is -2.14. The first-order chi connectivity index (χ1) is 6.88. The summed E-state index contributed by atoms with van der Waals surface area (Å²) < 4.78 is 51.0. The summed E-state index contributed by atoms with van der Waals surface area (Å²) in [6, 6.07) is 0. The maximum absolute atomic E-state index is 13.2. The third kappa shape index (κ3) is 2.55.